The Kier molecular flexibility index (Phi) is 4.83. The number of rotatable bonds is 6. The van der Waals surface area contributed by atoms with E-state index in [0.717, 1.165) is 6.42 Å². The van der Waals surface area contributed by atoms with Crippen LogP contribution in [0, 0.1) is 10.1 Å². The molecule has 2 N–H and O–H groups in total. The minimum atomic E-state index is -0.524. The third-order valence-corrected chi connectivity index (χ3v) is 3.37. The molecule has 1 aromatic carbocycles. The molecule has 7 nitrogen and oxygen atoms in total. The number of thiazole rings is 1. The number of nitro groups is 1. The summed E-state index contributed by atoms with van der Waals surface area (Å²) in [5.41, 5.74) is 0.672. The highest BCUT2D eigenvalue weighted by Gasteiger charge is 2.17. The van der Waals surface area contributed by atoms with Crippen LogP contribution >= 0.6 is 11.3 Å². The summed E-state index contributed by atoms with van der Waals surface area (Å²) in [4.78, 5) is 26.6. The van der Waals surface area contributed by atoms with Crippen LogP contribution in [-0.2, 0) is 0 Å². The topological polar surface area (TPSA) is 97.2 Å². The summed E-state index contributed by atoms with van der Waals surface area (Å²) in [6, 6.07) is 4.18. The van der Waals surface area contributed by atoms with Gasteiger partial charge >= 0.3 is 0 Å². The van der Waals surface area contributed by atoms with Gasteiger partial charge in [-0.05, 0) is 12.5 Å². The average Bonchev–Trinajstić information content (AvgIpc) is 2.97. The zero-order valence-corrected chi connectivity index (χ0v) is 12.1. The van der Waals surface area contributed by atoms with Crippen LogP contribution < -0.4 is 10.6 Å². The average molecular weight is 306 g/mol. The number of nitro benzene ring substituents is 1. The highest BCUT2D eigenvalue weighted by atomic mass is 32.1. The first-order valence-corrected chi connectivity index (χ1v) is 7.23. The van der Waals surface area contributed by atoms with Crippen LogP contribution in [0.1, 0.15) is 23.7 Å². The predicted octanol–water partition coefficient (Wildman–Crippen LogP) is 3.13. The first kappa shape index (κ1) is 14.9. The van der Waals surface area contributed by atoms with Crippen LogP contribution in [0.5, 0.6) is 0 Å². The van der Waals surface area contributed by atoms with Crippen molar-refractivity contribution in [1.29, 1.82) is 0 Å². The molecule has 0 aliphatic carbocycles. The monoisotopic (exact) mass is 306 g/mol. The molecule has 0 aliphatic rings. The summed E-state index contributed by atoms with van der Waals surface area (Å²) in [6.45, 7) is 2.67. The normalized spacial score (nSPS) is 10.1. The van der Waals surface area contributed by atoms with E-state index in [1.54, 1.807) is 17.6 Å². The van der Waals surface area contributed by atoms with E-state index < -0.39 is 10.8 Å². The van der Waals surface area contributed by atoms with E-state index in [1.807, 2.05) is 6.92 Å². The maximum absolute atomic E-state index is 12.3. The standard InChI is InChI=1S/C13H14N4O3S/c1-2-5-14-11-4-3-9(17(19)20)8-10(11)12(18)16-13-15-6-7-21-13/h3-4,6-8,14H,2,5H2,1H3,(H,15,16,18). The second kappa shape index (κ2) is 6.80. The van der Waals surface area contributed by atoms with Gasteiger partial charge in [-0.15, -0.1) is 11.3 Å². The van der Waals surface area contributed by atoms with Gasteiger partial charge in [-0.25, -0.2) is 4.98 Å². The van der Waals surface area contributed by atoms with Gasteiger partial charge in [0.1, 0.15) is 0 Å². The lowest BCUT2D eigenvalue weighted by atomic mass is 10.1. The lowest BCUT2D eigenvalue weighted by molar-refractivity contribution is -0.384. The molecule has 1 aromatic heterocycles. The van der Waals surface area contributed by atoms with Crippen LogP contribution in [-0.4, -0.2) is 22.4 Å². The Morgan fingerprint density at radius 1 is 1.48 bits per heavy atom. The van der Waals surface area contributed by atoms with Crippen molar-refractivity contribution < 1.29 is 9.72 Å². The molecule has 1 heterocycles. The third kappa shape index (κ3) is 3.76. The summed E-state index contributed by atoms with van der Waals surface area (Å²) in [7, 11) is 0. The first-order chi connectivity index (χ1) is 10.1. The number of hydrogen-bond acceptors (Lipinski definition) is 6. The quantitative estimate of drug-likeness (QED) is 0.631. The molecule has 0 atom stereocenters. The minimum absolute atomic E-state index is 0.124. The molecular weight excluding hydrogens is 292 g/mol. The Labute approximate surface area is 125 Å². The van der Waals surface area contributed by atoms with Crippen molar-refractivity contribution in [2.45, 2.75) is 13.3 Å². The Hall–Kier alpha value is -2.48. The maximum Gasteiger partial charge on any atom is 0.270 e. The van der Waals surface area contributed by atoms with Gasteiger partial charge in [0.15, 0.2) is 5.13 Å². The highest BCUT2D eigenvalue weighted by molar-refractivity contribution is 7.13. The zero-order valence-electron chi connectivity index (χ0n) is 11.3. The SMILES string of the molecule is CCCNc1ccc([N+](=O)[O-])cc1C(=O)Nc1nccs1. The number of benzene rings is 1. The van der Waals surface area contributed by atoms with Gasteiger partial charge in [0.2, 0.25) is 0 Å². The van der Waals surface area contributed by atoms with Crippen LogP contribution in [0.2, 0.25) is 0 Å². The lowest BCUT2D eigenvalue weighted by Crippen LogP contribution is -2.15. The molecule has 0 aliphatic heterocycles. The molecule has 0 fully saturated rings. The van der Waals surface area contributed by atoms with E-state index >= 15 is 0 Å². The van der Waals surface area contributed by atoms with Crippen LogP contribution in [0.15, 0.2) is 29.8 Å². The van der Waals surface area contributed by atoms with Gasteiger partial charge in [-0.3, -0.25) is 20.2 Å². The number of nitrogens with zero attached hydrogens (tertiary/aromatic N) is 2. The number of carbonyl (C=O) groups is 1. The molecular formula is C13H14N4O3S. The fourth-order valence-electron chi connectivity index (χ4n) is 1.70. The van der Waals surface area contributed by atoms with E-state index in [4.69, 9.17) is 0 Å². The molecule has 0 radical (unpaired) electrons. The van der Waals surface area contributed by atoms with Crippen LogP contribution in [0.25, 0.3) is 0 Å². The summed E-state index contributed by atoms with van der Waals surface area (Å²) >= 11 is 1.28. The number of nitrogens with one attached hydrogen (secondary N) is 2. The second-order valence-electron chi connectivity index (χ2n) is 4.21. The van der Waals surface area contributed by atoms with Crippen molar-refractivity contribution in [3.63, 3.8) is 0 Å². The van der Waals surface area contributed by atoms with E-state index in [-0.39, 0.29) is 11.3 Å². The molecule has 0 saturated carbocycles. The van der Waals surface area contributed by atoms with Crippen molar-refractivity contribution in [3.05, 3.63) is 45.5 Å². The summed E-state index contributed by atoms with van der Waals surface area (Å²) in [5, 5.41) is 18.8. The van der Waals surface area contributed by atoms with E-state index in [2.05, 4.69) is 15.6 Å². The predicted molar refractivity (Wildman–Crippen MR) is 81.9 cm³/mol. The summed E-state index contributed by atoms with van der Waals surface area (Å²) < 4.78 is 0. The van der Waals surface area contributed by atoms with Crippen molar-refractivity contribution in [2.24, 2.45) is 0 Å². The Morgan fingerprint density at radius 3 is 2.90 bits per heavy atom. The summed E-state index contributed by atoms with van der Waals surface area (Å²) in [5.74, 6) is -0.424. The van der Waals surface area contributed by atoms with Gasteiger partial charge < -0.3 is 5.32 Å². The number of amides is 1. The molecule has 2 rings (SSSR count). The van der Waals surface area contributed by atoms with Gasteiger partial charge in [-0.2, -0.15) is 0 Å². The molecule has 110 valence electrons. The molecule has 2 aromatic rings. The van der Waals surface area contributed by atoms with Crippen molar-refractivity contribution in [3.8, 4) is 0 Å². The molecule has 8 heteroatoms. The second-order valence-corrected chi connectivity index (χ2v) is 5.10. The molecule has 0 bridgehead atoms. The first-order valence-electron chi connectivity index (χ1n) is 6.35. The van der Waals surface area contributed by atoms with E-state index in [1.165, 1.54) is 23.5 Å². The third-order valence-electron chi connectivity index (χ3n) is 2.68. The maximum atomic E-state index is 12.3. The fraction of sp³-hybridized carbons (Fsp3) is 0.231. The number of non-ortho nitro benzene ring substituents is 1. The largest absolute Gasteiger partial charge is 0.384 e. The zero-order chi connectivity index (χ0) is 15.2. The Balaban J connectivity index is 2.30. The van der Waals surface area contributed by atoms with Crippen molar-refractivity contribution in [2.75, 3.05) is 17.2 Å². The van der Waals surface area contributed by atoms with Crippen molar-refractivity contribution >= 4 is 33.8 Å². The molecule has 0 spiro atoms. The molecule has 21 heavy (non-hydrogen) atoms. The van der Waals surface area contributed by atoms with Gasteiger partial charge in [0, 0.05) is 35.9 Å². The van der Waals surface area contributed by atoms with Crippen LogP contribution in [0.3, 0.4) is 0 Å². The number of carbonyl (C=O) groups excluding carboxylic acids is 1. The number of aromatic nitrogens is 1. The fourth-order valence-corrected chi connectivity index (χ4v) is 2.22. The van der Waals surface area contributed by atoms with Gasteiger partial charge in [0.25, 0.3) is 11.6 Å². The summed E-state index contributed by atoms with van der Waals surface area (Å²) in [6.07, 6.45) is 2.45. The van der Waals surface area contributed by atoms with E-state index in [0.29, 0.717) is 17.4 Å². The molecule has 0 unspecified atom stereocenters. The minimum Gasteiger partial charge on any atom is -0.384 e. The molecule has 0 saturated heterocycles. The Morgan fingerprint density at radius 2 is 2.29 bits per heavy atom. The number of hydrogen-bond donors (Lipinski definition) is 2. The van der Waals surface area contributed by atoms with Crippen molar-refractivity contribution in [1.82, 2.24) is 4.98 Å². The molecule has 1 amide bonds. The van der Waals surface area contributed by atoms with Crippen LogP contribution in [0.4, 0.5) is 16.5 Å². The van der Waals surface area contributed by atoms with Gasteiger partial charge in [0.05, 0.1) is 10.5 Å². The smallest absolute Gasteiger partial charge is 0.270 e. The lowest BCUT2D eigenvalue weighted by Gasteiger charge is -2.10. The van der Waals surface area contributed by atoms with E-state index in [9.17, 15) is 14.9 Å². The Bertz CT molecular complexity index is 643. The highest BCUT2D eigenvalue weighted by Crippen LogP contribution is 2.24. The number of anilines is 2. The van der Waals surface area contributed by atoms with Gasteiger partial charge in [-0.1, -0.05) is 6.92 Å².